The molecule has 2 amide bonds. The molecule has 32 heavy (non-hydrogen) atoms. The summed E-state index contributed by atoms with van der Waals surface area (Å²) in [7, 11) is 0. The van der Waals surface area contributed by atoms with Gasteiger partial charge in [-0.2, -0.15) is 0 Å². The predicted molar refractivity (Wildman–Crippen MR) is 121 cm³/mol. The molecule has 6 nitrogen and oxygen atoms in total. The van der Waals surface area contributed by atoms with Gasteiger partial charge in [-0.05, 0) is 48.0 Å². The van der Waals surface area contributed by atoms with Crippen molar-refractivity contribution < 1.29 is 18.7 Å². The Morgan fingerprint density at radius 2 is 1.91 bits per heavy atom. The summed E-state index contributed by atoms with van der Waals surface area (Å²) in [6.45, 7) is 3.65. The fourth-order valence-electron chi connectivity index (χ4n) is 3.98. The van der Waals surface area contributed by atoms with Crippen molar-refractivity contribution >= 4 is 28.8 Å². The van der Waals surface area contributed by atoms with Crippen molar-refractivity contribution in [3.05, 3.63) is 70.9 Å². The summed E-state index contributed by atoms with van der Waals surface area (Å²) in [4.78, 5) is 30.8. The molecular formula is C24H22FN3O3S. The minimum atomic E-state index is -0.228. The molecule has 0 radical (unpaired) electrons. The second-order valence-electron chi connectivity index (χ2n) is 7.89. The van der Waals surface area contributed by atoms with E-state index in [1.54, 1.807) is 41.7 Å². The lowest BCUT2D eigenvalue weighted by Gasteiger charge is -2.34. The summed E-state index contributed by atoms with van der Waals surface area (Å²) in [5, 5.41) is 2.74. The number of rotatable bonds is 4. The summed E-state index contributed by atoms with van der Waals surface area (Å²) in [5.41, 5.74) is 2.05. The first-order chi connectivity index (χ1) is 15.5. The first kappa shape index (κ1) is 20.7. The van der Waals surface area contributed by atoms with Crippen molar-refractivity contribution in [3.63, 3.8) is 0 Å². The summed E-state index contributed by atoms with van der Waals surface area (Å²) in [6, 6.07) is 15.9. The molecule has 0 bridgehead atoms. The fourth-order valence-corrected chi connectivity index (χ4v) is 5.03. The fraction of sp³-hybridized carbons (Fsp3) is 0.250. The molecule has 3 heterocycles. The number of carbonyl (C=O) groups is 2. The van der Waals surface area contributed by atoms with E-state index < -0.39 is 0 Å². The molecule has 0 saturated carbocycles. The van der Waals surface area contributed by atoms with E-state index in [4.69, 9.17) is 4.74 Å². The van der Waals surface area contributed by atoms with Gasteiger partial charge in [-0.15, -0.1) is 11.3 Å². The number of piperazine rings is 1. The van der Waals surface area contributed by atoms with Crippen LogP contribution >= 0.6 is 11.3 Å². The van der Waals surface area contributed by atoms with Crippen molar-refractivity contribution in [2.45, 2.75) is 6.54 Å². The van der Waals surface area contributed by atoms with Crippen LogP contribution in [0.5, 0.6) is 5.75 Å². The summed E-state index contributed by atoms with van der Waals surface area (Å²) in [6.07, 6.45) is 0. The van der Waals surface area contributed by atoms with E-state index >= 15 is 0 Å². The maximum Gasteiger partial charge on any atom is 0.262 e. The number of thiophene rings is 1. The van der Waals surface area contributed by atoms with Crippen LogP contribution in [0.2, 0.25) is 0 Å². The molecule has 1 N–H and O–H groups in total. The third kappa shape index (κ3) is 4.37. The number of carbonyl (C=O) groups excluding carboxylic acids is 2. The van der Waals surface area contributed by atoms with Gasteiger partial charge in [0.1, 0.15) is 11.6 Å². The Kier molecular flexibility index (Phi) is 5.63. The minimum absolute atomic E-state index is 0.0301. The Labute approximate surface area is 189 Å². The number of hydrogen-bond donors (Lipinski definition) is 1. The molecule has 8 heteroatoms. The number of nitrogens with one attached hydrogen (secondary N) is 1. The zero-order chi connectivity index (χ0) is 22.1. The van der Waals surface area contributed by atoms with Gasteiger partial charge in [-0.3, -0.25) is 14.5 Å². The van der Waals surface area contributed by atoms with Crippen LogP contribution in [-0.4, -0.2) is 54.4 Å². The largest absolute Gasteiger partial charge is 0.482 e. The molecule has 0 atom stereocenters. The molecule has 2 aromatic carbocycles. The first-order valence-corrected chi connectivity index (χ1v) is 11.3. The Morgan fingerprint density at radius 3 is 2.72 bits per heavy atom. The van der Waals surface area contributed by atoms with Gasteiger partial charge in [0.15, 0.2) is 6.61 Å². The quantitative estimate of drug-likeness (QED) is 0.655. The second-order valence-corrected chi connectivity index (χ2v) is 9.06. The Balaban J connectivity index is 1.18. The van der Waals surface area contributed by atoms with Crippen LogP contribution < -0.4 is 10.1 Å². The van der Waals surface area contributed by atoms with E-state index in [2.05, 4.69) is 16.3 Å². The van der Waals surface area contributed by atoms with Crippen LogP contribution in [0.25, 0.3) is 10.4 Å². The molecule has 1 aromatic heterocycles. The third-order valence-electron chi connectivity index (χ3n) is 5.67. The summed E-state index contributed by atoms with van der Waals surface area (Å²) in [5.74, 6) is 0.0771. The van der Waals surface area contributed by atoms with Crippen molar-refractivity contribution in [1.29, 1.82) is 0 Å². The molecule has 2 aliphatic heterocycles. The lowest BCUT2D eigenvalue weighted by Crippen LogP contribution is -2.48. The highest BCUT2D eigenvalue weighted by Gasteiger charge is 2.24. The summed E-state index contributed by atoms with van der Waals surface area (Å²) < 4.78 is 18.9. The van der Waals surface area contributed by atoms with Crippen molar-refractivity contribution in [2.75, 3.05) is 38.1 Å². The standard InChI is InChI=1S/C24H22FN3O3S/c25-18-3-1-2-16(12-18)22-7-5-19(32-22)14-27-8-10-28(11-9-27)24(30)17-4-6-20-21(13-17)31-15-23(29)26-20/h1-7,12-13H,8-11,14-15H2,(H,26,29). The number of hydrogen-bond acceptors (Lipinski definition) is 5. The van der Waals surface area contributed by atoms with Gasteiger partial charge in [0.2, 0.25) is 0 Å². The molecule has 164 valence electrons. The number of benzene rings is 2. The molecule has 2 aliphatic rings. The van der Waals surface area contributed by atoms with Gasteiger partial charge < -0.3 is 15.0 Å². The molecule has 0 spiro atoms. The zero-order valence-corrected chi connectivity index (χ0v) is 18.2. The van der Waals surface area contributed by atoms with E-state index in [0.29, 0.717) is 30.1 Å². The highest BCUT2D eigenvalue weighted by Crippen LogP contribution is 2.30. The van der Waals surface area contributed by atoms with Crippen molar-refractivity contribution in [2.24, 2.45) is 0 Å². The Hall–Kier alpha value is -3.23. The number of ether oxygens (including phenoxy) is 1. The molecule has 0 aliphatic carbocycles. The molecule has 1 fully saturated rings. The van der Waals surface area contributed by atoms with Gasteiger partial charge in [-0.25, -0.2) is 4.39 Å². The van der Waals surface area contributed by atoms with Crippen LogP contribution in [0.4, 0.5) is 10.1 Å². The maximum atomic E-state index is 13.5. The smallest absolute Gasteiger partial charge is 0.262 e. The average molecular weight is 452 g/mol. The Morgan fingerprint density at radius 1 is 1.06 bits per heavy atom. The SMILES string of the molecule is O=C1COc2cc(C(=O)N3CCN(Cc4ccc(-c5cccc(F)c5)s4)CC3)ccc2N1. The van der Waals surface area contributed by atoms with E-state index in [-0.39, 0.29) is 24.2 Å². The van der Waals surface area contributed by atoms with E-state index in [9.17, 15) is 14.0 Å². The van der Waals surface area contributed by atoms with Gasteiger partial charge in [0.25, 0.3) is 11.8 Å². The summed E-state index contributed by atoms with van der Waals surface area (Å²) >= 11 is 1.67. The van der Waals surface area contributed by atoms with Crippen molar-refractivity contribution in [1.82, 2.24) is 9.80 Å². The highest BCUT2D eigenvalue weighted by atomic mass is 32.1. The number of halogens is 1. The number of fused-ring (bicyclic) bond motifs is 1. The second kappa shape index (κ2) is 8.72. The van der Waals surface area contributed by atoms with Crippen LogP contribution in [0, 0.1) is 5.82 Å². The number of amides is 2. The lowest BCUT2D eigenvalue weighted by molar-refractivity contribution is -0.118. The molecule has 1 saturated heterocycles. The Bertz CT molecular complexity index is 1170. The lowest BCUT2D eigenvalue weighted by atomic mass is 10.1. The van der Waals surface area contributed by atoms with Gasteiger partial charge >= 0.3 is 0 Å². The van der Waals surface area contributed by atoms with E-state index in [0.717, 1.165) is 30.1 Å². The molecular weight excluding hydrogens is 429 g/mol. The van der Waals surface area contributed by atoms with Gasteiger partial charge in [-0.1, -0.05) is 12.1 Å². The van der Waals surface area contributed by atoms with Crippen LogP contribution in [0.1, 0.15) is 15.2 Å². The zero-order valence-electron chi connectivity index (χ0n) is 17.3. The van der Waals surface area contributed by atoms with Crippen molar-refractivity contribution in [3.8, 4) is 16.2 Å². The molecule has 3 aromatic rings. The van der Waals surface area contributed by atoms with Crippen LogP contribution in [0.15, 0.2) is 54.6 Å². The first-order valence-electron chi connectivity index (χ1n) is 10.5. The topological polar surface area (TPSA) is 61.9 Å². The predicted octanol–water partition coefficient (Wildman–Crippen LogP) is 3.84. The normalized spacial score (nSPS) is 16.3. The monoisotopic (exact) mass is 451 g/mol. The van der Waals surface area contributed by atoms with E-state index in [1.807, 2.05) is 17.0 Å². The minimum Gasteiger partial charge on any atom is -0.482 e. The van der Waals surface area contributed by atoms with Gasteiger partial charge in [0, 0.05) is 48.0 Å². The highest BCUT2D eigenvalue weighted by molar-refractivity contribution is 7.15. The van der Waals surface area contributed by atoms with Gasteiger partial charge in [0.05, 0.1) is 5.69 Å². The van der Waals surface area contributed by atoms with Crippen LogP contribution in [0.3, 0.4) is 0 Å². The average Bonchev–Trinajstić information content (AvgIpc) is 3.27. The molecule has 5 rings (SSSR count). The third-order valence-corrected chi connectivity index (χ3v) is 6.79. The molecule has 0 unspecified atom stereocenters. The maximum absolute atomic E-state index is 13.5. The number of anilines is 1. The van der Waals surface area contributed by atoms with E-state index in [1.165, 1.54) is 10.9 Å². The number of nitrogens with zero attached hydrogens (tertiary/aromatic N) is 2. The van der Waals surface area contributed by atoms with Crippen LogP contribution in [-0.2, 0) is 11.3 Å².